The molecular weight excluding hydrogens is 274 g/mol. The molecule has 1 N–H and O–H groups in total. The van der Waals surface area contributed by atoms with Gasteiger partial charge in [0.2, 0.25) is 0 Å². The van der Waals surface area contributed by atoms with Crippen LogP contribution < -0.4 is 5.32 Å². The summed E-state index contributed by atoms with van der Waals surface area (Å²) < 4.78 is 0. The van der Waals surface area contributed by atoms with E-state index in [0.29, 0.717) is 11.3 Å². The van der Waals surface area contributed by atoms with Gasteiger partial charge in [0.1, 0.15) is 0 Å². The van der Waals surface area contributed by atoms with E-state index in [9.17, 15) is 0 Å². The zero-order chi connectivity index (χ0) is 14.7. The Labute approximate surface area is 132 Å². The highest BCUT2D eigenvalue weighted by Crippen LogP contribution is 2.39. The van der Waals surface area contributed by atoms with Crippen molar-refractivity contribution in [2.24, 2.45) is 0 Å². The lowest BCUT2D eigenvalue weighted by Gasteiger charge is -2.26. The zero-order valence-corrected chi connectivity index (χ0v) is 13.6. The maximum atomic E-state index is 3.56. The Morgan fingerprint density at radius 2 is 1.95 bits per heavy atom. The molecular formula is C19H23NS. The molecule has 0 saturated carbocycles. The predicted molar refractivity (Wildman–Crippen MR) is 92.0 cm³/mol. The first-order valence-electron chi connectivity index (χ1n) is 7.76. The Bertz CT molecular complexity index is 608. The average molecular weight is 297 g/mol. The molecule has 2 heteroatoms. The Kier molecular flexibility index (Phi) is 4.67. The van der Waals surface area contributed by atoms with Gasteiger partial charge in [-0.2, -0.15) is 0 Å². The Morgan fingerprint density at radius 3 is 2.76 bits per heavy atom. The minimum Gasteiger partial charge on any atom is -0.312 e. The van der Waals surface area contributed by atoms with Crippen LogP contribution in [0.4, 0.5) is 0 Å². The largest absolute Gasteiger partial charge is 0.312 e. The average Bonchev–Trinajstić information content (AvgIpc) is 2.66. The zero-order valence-electron chi connectivity index (χ0n) is 12.8. The molecule has 0 aliphatic heterocycles. The van der Waals surface area contributed by atoms with Gasteiger partial charge < -0.3 is 5.32 Å². The normalized spacial score (nSPS) is 21.6. The van der Waals surface area contributed by atoms with Crippen molar-refractivity contribution in [3.8, 4) is 0 Å². The van der Waals surface area contributed by atoms with Crippen LogP contribution in [0.25, 0.3) is 0 Å². The van der Waals surface area contributed by atoms with Crippen molar-refractivity contribution in [2.75, 3.05) is 7.05 Å². The van der Waals surface area contributed by atoms with Gasteiger partial charge in [-0.3, -0.25) is 0 Å². The Morgan fingerprint density at radius 1 is 1.10 bits per heavy atom. The summed E-state index contributed by atoms with van der Waals surface area (Å²) >= 11 is 2.03. The number of aryl methyl sites for hydroxylation is 2. The lowest BCUT2D eigenvalue weighted by Crippen LogP contribution is -2.27. The van der Waals surface area contributed by atoms with Gasteiger partial charge in [0.05, 0.1) is 0 Å². The van der Waals surface area contributed by atoms with E-state index in [0.717, 1.165) is 0 Å². The van der Waals surface area contributed by atoms with Crippen LogP contribution in [0.15, 0.2) is 53.4 Å². The van der Waals surface area contributed by atoms with Gasteiger partial charge in [0.25, 0.3) is 0 Å². The van der Waals surface area contributed by atoms with Crippen LogP contribution in [-0.2, 0) is 6.42 Å². The van der Waals surface area contributed by atoms with E-state index in [1.54, 1.807) is 0 Å². The summed E-state index contributed by atoms with van der Waals surface area (Å²) in [7, 11) is 2.09. The van der Waals surface area contributed by atoms with E-state index in [1.165, 1.54) is 40.8 Å². The van der Waals surface area contributed by atoms with Crippen molar-refractivity contribution in [1.82, 2.24) is 5.32 Å². The van der Waals surface area contributed by atoms with Crippen LogP contribution in [0.5, 0.6) is 0 Å². The summed E-state index contributed by atoms with van der Waals surface area (Å²) in [6.45, 7) is 2.17. The van der Waals surface area contributed by atoms with Crippen LogP contribution >= 0.6 is 11.8 Å². The molecule has 0 radical (unpaired) electrons. The maximum Gasteiger partial charge on any atom is 0.0444 e. The van der Waals surface area contributed by atoms with E-state index in [1.807, 2.05) is 11.8 Å². The lowest BCUT2D eigenvalue weighted by molar-refractivity contribution is 0.548. The highest BCUT2D eigenvalue weighted by atomic mass is 32.2. The van der Waals surface area contributed by atoms with Gasteiger partial charge in [-0.25, -0.2) is 0 Å². The quantitative estimate of drug-likeness (QED) is 0.820. The third-order valence-electron chi connectivity index (χ3n) is 4.28. The van der Waals surface area contributed by atoms with E-state index in [-0.39, 0.29) is 0 Å². The molecule has 21 heavy (non-hydrogen) atoms. The molecule has 2 atom stereocenters. The second-order valence-corrected chi connectivity index (χ2v) is 7.14. The van der Waals surface area contributed by atoms with Crippen molar-refractivity contribution in [1.29, 1.82) is 0 Å². The first-order valence-corrected chi connectivity index (χ1v) is 8.64. The summed E-state index contributed by atoms with van der Waals surface area (Å²) in [4.78, 5) is 1.39. The number of benzene rings is 2. The highest BCUT2D eigenvalue weighted by Gasteiger charge is 2.27. The highest BCUT2D eigenvalue weighted by molar-refractivity contribution is 8.00. The topological polar surface area (TPSA) is 12.0 Å². The summed E-state index contributed by atoms with van der Waals surface area (Å²) in [6.07, 6.45) is 3.75. The van der Waals surface area contributed by atoms with Crippen LogP contribution in [-0.4, -0.2) is 12.3 Å². The summed E-state index contributed by atoms with van der Waals surface area (Å²) in [5, 5.41) is 4.16. The van der Waals surface area contributed by atoms with E-state index in [2.05, 4.69) is 67.8 Å². The van der Waals surface area contributed by atoms with Gasteiger partial charge in [-0.1, -0.05) is 42.0 Å². The standard InChI is InChI=1S/C19H23NS/c1-14-7-5-10-16(13-14)21-18-12-6-9-15-8-3-4-11-17(15)19(18)20-2/h3-5,7-8,10-11,13,18-20H,6,9,12H2,1-2H3. The Balaban J connectivity index is 1.88. The molecule has 110 valence electrons. The van der Waals surface area contributed by atoms with Gasteiger partial charge in [0.15, 0.2) is 0 Å². The molecule has 0 fully saturated rings. The molecule has 0 heterocycles. The molecule has 2 unspecified atom stereocenters. The first kappa shape index (κ1) is 14.7. The molecule has 0 saturated heterocycles. The molecule has 0 aromatic heterocycles. The Hall–Kier alpha value is -1.25. The second-order valence-electron chi connectivity index (χ2n) is 5.83. The summed E-state index contributed by atoms with van der Waals surface area (Å²) in [5.74, 6) is 0. The van der Waals surface area contributed by atoms with E-state index < -0.39 is 0 Å². The summed E-state index contributed by atoms with van der Waals surface area (Å²) in [6, 6.07) is 18.2. The number of thioether (sulfide) groups is 1. The second kappa shape index (κ2) is 6.67. The molecule has 3 rings (SSSR count). The van der Waals surface area contributed by atoms with Gasteiger partial charge in [-0.05, 0) is 56.5 Å². The van der Waals surface area contributed by atoms with Gasteiger partial charge in [-0.15, -0.1) is 11.8 Å². The van der Waals surface area contributed by atoms with Crippen LogP contribution in [0.1, 0.15) is 35.6 Å². The maximum absolute atomic E-state index is 3.56. The van der Waals surface area contributed by atoms with Crippen molar-refractivity contribution in [3.63, 3.8) is 0 Å². The van der Waals surface area contributed by atoms with Crippen molar-refractivity contribution >= 4 is 11.8 Å². The third-order valence-corrected chi connectivity index (χ3v) is 5.62. The minimum atomic E-state index is 0.439. The molecule has 0 amide bonds. The molecule has 2 aromatic rings. The fraction of sp³-hybridized carbons (Fsp3) is 0.368. The molecule has 0 spiro atoms. The van der Waals surface area contributed by atoms with Crippen molar-refractivity contribution < 1.29 is 0 Å². The van der Waals surface area contributed by atoms with E-state index >= 15 is 0 Å². The van der Waals surface area contributed by atoms with Crippen LogP contribution in [0, 0.1) is 6.92 Å². The molecule has 0 bridgehead atoms. The number of nitrogens with one attached hydrogen (secondary N) is 1. The van der Waals surface area contributed by atoms with Crippen LogP contribution in [0.3, 0.4) is 0 Å². The van der Waals surface area contributed by atoms with Crippen molar-refractivity contribution in [3.05, 3.63) is 65.2 Å². The number of hydrogen-bond acceptors (Lipinski definition) is 2. The van der Waals surface area contributed by atoms with Crippen molar-refractivity contribution in [2.45, 2.75) is 42.4 Å². The smallest absolute Gasteiger partial charge is 0.0444 e. The van der Waals surface area contributed by atoms with Crippen LogP contribution in [0.2, 0.25) is 0 Å². The lowest BCUT2D eigenvalue weighted by atomic mass is 9.99. The predicted octanol–water partition coefficient (Wildman–Crippen LogP) is 4.75. The fourth-order valence-electron chi connectivity index (χ4n) is 3.26. The molecule has 2 aromatic carbocycles. The number of hydrogen-bond donors (Lipinski definition) is 1. The van der Waals surface area contributed by atoms with Gasteiger partial charge in [0, 0.05) is 16.2 Å². The fourth-order valence-corrected chi connectivity index (χ4v) is 4.72. The SMILES string of the molecule is CNC1c2ccccc2CCCC1Sc1cccc(C)c1. The molecule has 1 aliphatic rings. The number of rotatable bonds is 3. The van der Waals surface area contributed by atoms with Gasteiger partial charge >= 0.3 is 0 Å². The third kappa shape index (κ3) is 3.33. The number of fused-ring (bicyclic) bond motifs is 1. The molecule has 1 nitrogen and oxygen atoms in total. The summed E-state index contributed by atoms with van der Waals surface area (Å²) in [5.41, 5.74) is 4.35. The van der Waals surface area contributed by atoms with E-state index in [4.69, 9.17) is 0 Å². The minimum absolute atomic E-state index is 0.439. The first-order chi connectivity index (χ1) is 10.3. The molecule has 1 aliphatic carbocycles. The monoisotopic (exact) mass is 297 g/mol.